The Morgan fingerprint density at radius 3 is 1.41 bits per heavy atom. The van der Waals surface area contributed by atoms with Gasteiger partial charge in [0.05, 0.1) is 0 Å². The van der Waals surface area contributed by atoms with E-state index in [9.17, 15) is 18.0 Å². The monoisotopic (exact) mass is 411 g/mol. The second-order valence-corrected chi connectivity index (χ2v) is 15.8. The topological polar surface area (TPSA) is 20.3 Å². The number of rotatable bonds is 7. The van der Waals surface area contributed by atoms with Gasteiger partial charge in [-0.15, -0.1) is 0 Å². The Morgan fingerprint density at radius 1 is 0.889 bits per heavy atom. The molecule has 0 rings (SSSR count). The van der Waals surface area contributed by atoms with Gasteiger partial charge in [0.25, 0.3) is 0 Å². The molecule has 0 saturated carbocycles. The van der Waals surface area contributed by atoms with Crippen LogP contribution >= 0.6 is 0 Å². The molecule has 0 radical (unpaired) electrons. The summed E-state index contributed by atoms with van der Waals surface area (Å²) in [6, 6.07) is 0.975. The molecule has 164 valence electrons. The van der Waals surface area contributed by atoms with Crippen LogP contribution in [0.3, 0.4) is 0 Å². The summed E-state index contributed by atoms with van der Waals surface area (Å²) in [7, 11) is -0.814. The summed E-state index contributed by atoms with van der Waals surface area (Å²) in [6.45, 7) is 23.7. The molecule has 2 nitrogen and oxygen atoms in total. The van der Waals surface area contributed by atoms with Crippen LogP contribution < -0.4 is 0 Å². The van der Waals surface area contributed by atoms with Crippen molar-refractivity contribution in [3.8, 4) is 0 Å². The highest BCUT2D eigenvalue weighted by Gasteiger charge is 2.57. The molecule has 0 aliphatic heterocycles. The number of hydrogen-bond donors (Lipinski definition) is 0. The van der Waals surface area contributed by atoms with E-state index < -0.39 is 25.6 Å². The van der Waals surface area contributed by atoms with Crippen LogP contribution in [-0.4, -0.2) is 37.1 Å². The van der Waals surface area contributed by atoms with Crippen molar-refractivity contribution >= 4 is 14.0 Å². The quantitative estimate of drug-likeness (QED) is 0.400. The molecule has 0 heterocycles. The lowest BCUT2D eigenvalue weighted by Gasteiger charge is -2.39. The van der Waals surface area contributed by atoms with E-state index in [2.05, 4.69) is 40.4 Å². The predicted octanol–water partition coefficient (Wildman–Crippen LogP) is 7.37. The molecular formula is C21H44F3NOSi. The van der Waals surface area contributed by atoms with Gasteiger partial charge >= 0.3 is 6.18 Å². The first-order chi connectivity index (χ1) is 11.8. The molecule has 0 aliphatic rings. The van der Waals surface area contributed by atoms with Crippen molar-refractivity contribution in [2.24, 2.45) is 10.8 Å². The first kappa shape index (κ1) is 28.7. The normalized spacial score (nSPS) is 15.3. The lowest BCUT2D eigenvalue weighted by atomic mass is 9.84. The van der Waals surface area contributed by atoms with E-state index in [1.165, 1.54) is 24.3 Å². The molecule has 27 heavy (non-hydrogen) atoms. The lowest BCUT2D eigenvalue weighted by molar-refractivity contribution is -0.225. The highest BCUT2D eigenvalue weighted by molar-refractivity contribution is 6.76. The minimum Gasteiger partial charge on any atom is -0.337 e. The number of carbonyl (C=O) groups is 1. The number of alkyl halides is 3. The molecular weight excluding hydrogens is 367 g/mol. The van der Waals surface area contributed by atoms with Gasteiger partial charge in [0.1, 0.15) is 5.41 Å². The van der Waals surface area contributed by atoms with Crippen LogP contribution in [0.1, 0.15) is 75.2 Å². The molecule has 0 spiro atoms. The molecule has 1 amide bonds. The van der Waals surface area contributed by atoms with E-state index in [0.29, 0.717) is 5.41 Å². The zero-order valence-electron chi connectivity index (χ0n) is 19.8. The van der Waals surface area contributed by atoms with Crippen LogP contribution in [0.4, 0.5) is 13.2 Å². The third-order valence-electron chi connectivity index (χ3n) is 5.12. The molecule has 6 heteroatoms. The fourth-order valence-corrected chi connectivity index (χ4v) is 6.51. The SMILES string of the molecule is CCC(C)(C(=O)N(C(C)C)C(C)C)C(F)(F)F.CCC(C)(C)C[Si](C)(C)C. The van der Waals surface area contributed by atoms with Gasteiger partial charge < -0.3 is 4.90 Å². The third-order valence-corrected chi connectivity index (χ3v) is 7.14. The lowest BCUT2D eigenvalue weighted by Crippen LogP contribution is -2.54. The Bertz CT molecular complexity index is 445. The summed E-state index contributed by atoms with van der Waals surface area (Å²) in [6.07, 6.45) is -3.44. The van der Waals surface area contributed by atoms with Crippen molar-refractivity contribution in [3.63, 3.8) is 0 Å². The third kappa shape index (κ3) is 9.48. The molecule has 0 fully saturated rings. The first-order valence-corrected chi connectivity index (χ1v) is 13.9. The average molecular weight is 412 g/mol. The van der Waals surface area contributed by atoms with Crippen molar-refractivity contribution < 1.29 is 18.0 Å². The maximum atomic E-state index is 13.0. The van der Waals surface area contributed by atoms with E-state index in [-0.39, 0.29) is 18.5 Å². The molecule has 0 saturated heterocycles. The van der Waals surface area contributed by atoms with Crippen LogP contribution in [0.25, 0.3) is 0 Å². The standard InChI is InChI=1S/C12H22F3NO.C9H22Si/c1-7-11(6,12(13,14)15)10(17)16(8(2)3)9(4)5;1-7-9(2,3)8-10(4,5)6/h8-9H,7H2,1-6H3;7-8H2,1-6H3. The van der Waals surface area contributed by atoms with Crippen LogP contribution in [-0.2, 0) is 4.79 Å². The minimum absolute atomic E-state index is 0.240. The molecule has 1 unspecified atom stereocenters. The molecule has 0 N–H and O–H groups in total. The number of nitrogens with zero attached hydrogens (tertiary/aromatic N) is 1. The van der Waals surface area contributed by atoms with Gasteiger partial charge in [-0.1, -0.05) is 59.8 Å². The van der Waals surface area contributed by atoms with Crippen molar-refractivity contribution in [2.75, 3.05) is 0 Å². The van der Waals surface area contributed by atoms with Crippen LogP contribution in [0.2, 0.25) is 25.7 Å². The number of halogens is 3. The zero-order chi connectivity index (χ0) is 22.4. The number of carbonyl (C=O) groups excluding carboxylic acids is 1. The van der Waals surface area contributed by atoms with E-state index in [0.717, 1.165) is 6.92 Å². The Labute approximate surface area is 167 Å². The molecule has 0 aromatic carbocycles. The summed E-state index contributed by atoms with van der Waals surface area (Å²) >= 11 is 0. The Hall–Kier alpha value is -0.523. The Kier molecular flexibility index (Phi) is 11.0. The van der Waals surface area contributed by atoms with Gasteiger partial charge in [-0.2, -0.15) is 13.2 Å². The second kappa shape index (κ2) is 10.3. The molecule has 0 aliphatic carbocycles. The van der Waals surface area contributed by atoms with Crippen LogP contribution in [0, 0.1) is 10.8 Å². The summed E-state index contributed by atoms with van der Waals surface area (Å²) in [4.78, 5) is 13.4. The molecule has 1 atom stereocenters. The maximum Gasteiger partial charge on any atom is 0.402 e. The van der Waals surface area contributed by atoms with Crippen LogP contribution in [0.5, 0.6) is 0 Å². The largest absolute Gasteiger partial charge is 0.402 e. The Morgan fingerprint density at radius 2 is 1.26 bits per heavy atom. The Balaban J connectivity index is 0. The first-order valence-electron chi connectivity index (χ1n) is 10.1. The molecule has 0 aromatic heterocycles. The van der Waals surface area contributed by atoms with E-state index in [1.807, 2.05) is 0 Å². The number of amides is 1. The van der Waals surface area contributed by atoms with Crippen molar-refractivity contribution in [2.45, 2.75) is 119 Å². The molecule has 0 bridgehead atoms. The predicted molar refractivity (Wildman–Crippen MR) is 114 cm³/mol. The van der Waals surface area contributed by atoms with Crippen molar-refractivity contribution in [1.29, 1.82) is 0 Å². The zero-order valence-corrected chi connectivity index (χ0v) is 20.8. The van der Waals surface area contributed by atoms with Gasteiger partial charge in [-0.05, 0) is 46.5 Å². The van der Waals surface area contributed by atoms with Gasteiger partial charge in [0, 0.05) is 20.2 Å². The van der Waals surface area contributed by atoms with Gasteiger partial charge in [-0.3, -0.25) is 4.79 Å². The fraction of sp³-hybridized carbons (Fsp3) is 0.952. The molecule has 0 aromatic rings. The minimum atomic E-state index is -4.51. The smallest absolute Gasteiger partial charge is 0.337 e. The number of hydrogen-bond acceptors (Lipinski definition) is 1. The summed E-state index contributed by atoms with van der Waals surface area (Å²) in [5, 5.41) is 0. The highest BCUT2D eigenvalue weighted by atomic mass is 28.3. The fourth-order valence-electron chi connectivity index (χ4n) is 3.38. The summed E-state index contributed by atoms with van der Waals surface area (Å²) in [5.41, 5.74) is -1.70. The van der Waals surface area contributed by atoms with Crippen LogP contribution in [0.15, 0.2) is 0 Å². The van der Waals surface area contributed by atoms with E-state index in [1.54, 1.807) is 27.7 Å². The van der Waals surface area contributed by atoms with Gasteiger partial charge in [0.15, 0.2) is 0 Å². The van der Waals surface area contributed by atoms with Gasteiger partial charge in [-0.25, -0.2) is 0 Å². The van der Waals surface area contributed by atoms with E-state index in [4.69, 9.17) is 0 Å². The average Bonchev–Trinajstić information content (AvgIpc) is 2.42. The van der Waals surface area contributed by atoms with E-state index >= 15 is 0 Å². The maximum absolute atomic E-state index is 13.0. The summed E-state index contributed by atoms with van der Waals surface area (Å²) < 4.78 is 39.0. The second-order valence-electron chi connectivity index (χ2n) is 10.3. The summed E-state index contributed by atoms with van der Waals surface area (Å²) in [5.74, 6) is -0.836. The highest BCUT2D eigenvalue weighted by Crippen LogP contribution is 2.42. The van der Waals surface area contributed by atoms with Gasteiger partial charge in [0.2, 0.25) is 5.91 Å². The van der Waals surface area contributed by atoms with Crippen molar-refractivity contribution in [3.05, 3.63) is 0 Å². The van der Waals surface area contributed by atoms with Crippen molar-refractivity contribution in [1.82, 2.24) is 4.90 Å².